The molecule has 1 heterocycles. The lowest BCUT2D eigenvalue weighted by molar-refractivity contribution is -0.121. The van der Waals surface area contributed by atoms with Gasteiger partial charge in [0, 0.05) is 30.2 Å². The van der Waals surface area contributed by atoms with Crippen LogP contribution in [0.2, 0.25) is 0 Å². The van der Waals surface area contributed by atoms with Gasteiger partial charge in [-0.1, -0.05) is 0 Å². The third kappa shape index (κ3) is 5.97. The predicted molar refractivity (Wildman–Crippen MR) is 103 cm³/mol. The molecule has 0 bridgehead atoms. The molecule has 0 radical (unpaired) electrons. The second kappa shape index (κ2) is 10.5. The molecule has 2 N–H and O–H groups in total. The zero-order valence-corrected chi connectivity index (χ0v) is 16.5. The van der Waals surface area contributed by atoms with Crippen LogP contribution in [0.25, 0.3) is 0 Å². The van der Waals surface area contributed by atoms with Gasteiger partial charge in [0.1, 0.15) is 5.75 Å². The van der Waals surface area contributed by atoms with E-state index in [0.29, 0.717) is 24.5 Å². The molecule has 1 aromatic rings. The number of ketones is 1. The Bertz CT molecular complexity index is 610. The minimum absolute atomic E-state index is 0. The van der Waals surface area contributed by atoms with Gasteiger partial charge < -0.3 is 20.1 Å². The fourth-order valence-electron chi connectivity index (χ4n) is 3.29. The molecular weight excluding hydrogens is 356 g/mol. The first-order valence-electron chi connectivity index (χ1n) is 8.64. The topological polar surface area (TPSA) is 76.7 Å². The lowest BCUT2D eigenvalue weighted by atomic mass is 9.79. The Balaban J connectivity index is 0.00000338. The quantitative estimate of drug-likeness (QED) is 0.670. The van der Waals surface area contributed by atoms with Gasteiger partial charge in [0.2, 0.25) is 5.91 Å². The highest BCUT2D eigenvalue weighted by Crippen LogP contribution is 2.28. The number of methoxy groups -OCH3 is 2. The number of amides is 1. The van der Waals surface area contributed by atoms with Crippen LogP contribution >= 0.6 is 12.4 Å². The van der Waals surface area contributed by atoms with E-state index in [1.54, 1.807) is 32.4 Å². The molecule has 1 aliphatic heterocycles. The maximum Gasteiger partial charge on any atom is 0.224 e. The minimum atomic E-state index is -0.0759. The second-order valence-electron chi connectivity index (χ2n) is 6.72. The van der Waals surface area contributed by atoms with Crippen molar-refractivity contribution in [2.75, 3.05) is 40.5 Å². The maximum atomic E-state index is 12.4. The van der Waals surface area contributed by atoms with E-state index in [2.05, 4.69) is 10.6 Å². The van der Waals surface area contributed by atoms with Gasteiger partial charge in [-0.25, -0.2) is 0 Å². The number of hydrogen-bond donors (Lipinski definition) is 2. The Morgan fingerprint density at radius 2 is 1.92 bits per heavy atom. The lowest BCUT2D eigenvalue weighted by Crippen LogP contribution is -2.47. The zero-order chi connectivity index (χ0) is 18.3. The molecule has 0 unspecified atom stereocenters. The summed E-state index contributed by atoms with van der Waals surface area (Å²) < 4.78 is 10.7. The molecule has 1 fully saturated rings. The molecule has 0 aromatic heterocycles. The van der Waals surface area contributed by atoms with Crippen molar-refractivity contribution in [3.8, 4) is 5.75 Å². The van der Waals surface area contributed by atoms with E-state index in [9.17, 15) is 9.59 Å². The SMILES string of the molecule is COCC1(CNC(=O)Cc2cc(C(C)=O)ccc2OC)CCNCC1.Cl. The lowest BCUT2D eigenvalue weighted by Gasteiger charge is -2.37. The molecule has 0 saturated carbocycles. The number of nitrogens with one attached hydrogen (secondary N) is 2. The van der Waals surface area contributed by atoms with E-state index >= 15 is 0 Å². The minimum Gasteiger partial charge on any atom is -0.496 e. The second-order valence-corrected chi connectivity index (χ2v) is 6.72. The van der Waals surface area contributed by atoms with Crippen molar-refractivity contribution in [2.24, 2.45) is 5.41 Å². The predicted octanol–water partition coefficient (Wildman–Crippen LogP) is 1.99. The van der Waals surface area contributed by atoms with Crippen LogP contribution in [-0.2, 0) is 16.0 Å². The van der Waals surface area contributed by atoms with Crippen LogP contribution in [-0.4, -0.2) is 52.2 Å². The van der Waals surface area contributed by atoms with E-state index in [-0.39, 0.29) is 35.9 Å². The van der Waals surface area contributed by atoms with E-state index in [4.69, 9.17) is 9.47 Å². The zero-order valence-electron chi connectivity index (χ0n) is 15.7. The number of benzene rings is 1. The van der Waals surface area contributed by atoms with Gasteiger partial charge in [-0.15, -0.1) is 12.4 Å². The van der Waals surface area contributed by atoms with Crippen molar-refractivity contribution >= 4 is 24.1 Å². The van der Waals surface area contributed by atoms with Gasteiger partial charge in [0.25, 0.3) is 0 Å². The van der Waals surface area contributed by atoms with Crippen molar-refractivity contribution in [1.29, 1.82) is 0 Å². The summed E-state index contributed by atoms with van der Waals surface area (Å²) in [6, 6.07) is 5.18. The molecule has 0 aliphatic carbocycles. The van der Waals surface area contributed by atoms with Crippen LogP contribution in [0.15, 0.2) is 18.2 Å². The summed E-state index contributed by atoms with van der Waals surface area (Å²) in [6.07, 6.45) is 2.14. The maximum absolute atomic E-state index is 12.4. The molecule has 2 rings (SSSR count). The molecule has 1 aromatic carbocycles. The Morgan fingerprint density at radius 1 is 1.23 bits per heavy atom. The van der Waals surface area contributed by atoms with E-state index in [1.807, 2.05) is 0 Å². The Labute approximate surface area is 161 Å². The van der Waals surface area contributed by atoms with Gasteiger partial charge in [-0.05, 0) is 51.1 Å². The normalized spacial score (nSPS) is 15.7. The molecule has 0 spiro atoms. The number of piperidine rings is 1. The first-order chi connectivity index (χ1) is 12.0. The van der Waals surface area contributed by atoms with Crippen LogP contribution < -0.4 is 15.4 Å². The van der Waals surface area contributed by atoms with Gasteiger partial charge in [0.15, 0.2) is 5.78 Å². The summed E-state index contributed by atoms with van der Waals surface area (Å²) in [5.74, 6) is 0.514. The highest BCUT2D eigenvalue weighted by atomic mass is 35.5. The van der Waals surface area contributed by atoms with Crippen molar-refractivity contribution in [3.05, 3.63) is 29.3 Å². The highest BCUT2D eigenvalue weighted by molar-refractivity contribution is 5.94. The average molecular weight is 385 g/mol. The monoisotopic (exact) mass is 384 g/mol. The van der Waals surface area contributed by atoms with Crippen LogP contribution in [0.3, 0.4) is 0 Å². The molecule has 1 saturated heterocycles. The van der Waals surface area contributed by atoms with E-state index < -0.39 is 0 Å². The molecule has 1 amide bonds. The van der Waals surface area contributed by atoms with Crippen LogP contribution in [0.1, 0.15) is 35.7 Å². The van der Waals surface area contributed by atoms with Gasteiger partial charge in [-0.2, -0.15) is 0 Å². The first kappa shape index (κ1) is 22.4. The number of carbonyl (C=O) groups is 2. The molecule has 6 nitrogen and oxygen atoms in total. The number of halogens is 1. The summed E-state index contributed by atoms with van der Waals surface area (Å²) in [5, 5.41) is 6.38. The fourth-order valence-corrected chi connectivity index (χ4v) is 3.29. The molecule has 1 aliphatic rings. The Kier molecular flexibility index (Phi) is 9.05. The Hall–Kier alpha value is -1.63. The summed E-state index contributed by atoms with van der Waals surface area (Å²) in [4.78, 5) is 24.0. The molecule has 0 atom stereocenters. The highest BCUT2D eigenvalue weighted by Gasteiger charge is 2.32. The average Bonchev–Trinajstić information content (AvgIpc) is 2.61. The summed E-state index contributed by atoms with van der Waals surface area (Å²) in [7, 11) is 3.26. The van der Waals surface area contributed by atoms with Crippen LogP contribution in [0, 0.1) is 5.41 Å². The largest absolute Gasteiger partial charge is 0.496 e. The van der Waals surface area contributed by atoms with Crippen LogP contribution in [0.5, 0.6) is 5.75 Å². The van der Waals surface area contributed by atoms with Gasteiger partial charge in [-0.3, -0.25) is 9.59 Å². The number of hydrogen-bond acceptors (Lipinski definition) is 5. The third-order valence-electron chi connectivity index (χ3n) is 4.81. The molecular formula is C19H29ClN2O4. The van der Waals surface area contributed by atoms with E-state index in [1.165, 1.54) is 6.92 Å². The third-order valence-corrected chi connectivity index (χ3v) is 4.81. The standard InChI is InChI=1S/C19H28N2O4.ClH/c1-14(22)15-4-5-17(25-3)16(10-15)11-18(23)21-12-19(13-24-2)6-8-20-9-7-19;/h4-5,10,20H,6-9,11-13H2,1-3H3,(H,21,23);1H. The van der Waals surface area contributed by atoms with Gasteiger partial charge >= 0.3 is 0 Å². The summed E-state index contributed by atoms with van der Waals surface area (Å²) >= 11 is 0. The van der Waals surface area contributed by atoms with Crippen molar-refractivity contribution < 1.29 is 19.1 Å². The smallest absolute Gasteiger partial charge is 0.224 e. The molecule has 26 heavy (non-hydrogen) atoms. The number of rotatable bonds is 8. The van der Waals surface area contributed by atoms with Crippen molar-refractivity contribution in [3.63, 3.8) is 0 Å². The summed E-state index contributed by atoms with van der Waals surface area (Å²) in [5.41, 5.74) is 1.29. The number of carbonyl (C=O) groups excluding carboxylic acids is 2. The van der Waals surface area contributed by atoms with E-state index in [0.717, 1.165) is 31.5 Å². The fraction of sp³-hybridized carbons (Fsp3) is 0.579. The first-order valence-corrected chi connectivity index (χ1v) is 8.64. The molecule has 7 heteroatoms. The van der Waals surface area contributed by atoms with Crippen LogP contribution in [0.4, 0.5) is 0 Å². The van der Waals surface area contributed by atoms with Gasteiger partial charge in [0.05, 0.1) is 20.1 Å². The number of Topliss-reactive ketones (excluding diaryl/α,β-unsaturated/α-hetero) is 1. The summed E-state index contributed by atoms with van der Waals surface area (Å²) in [6.45, 7) is 4.62. The Morgan fingerprint density at radius 3 is 2.50 bits per heavy atom. The van der Waals surface area contributed by atoms with Crippen molar-refractivity contribution in [1.82, 2.24) is 10.6 Å². The number of ether oxygens (including phenoxy) is 2. The van der Waals surface area contributed by atoms with Crippen molar-refractivity contribution in [2.45, 2.75) is 26.2 Å². The molecule has 146 valence electrons.